The van der Waals surface area contributed by atoms with Gasteiger partial charge in [0.05, 0.1) is 11.7 Å². The molecule has 3 aromatic carbocycles. The van der Waals surface area contributed by atoms with Crippen LogP contribution >= 0.6 is 11.7 Å². The van der Waals surface area contributed by atoms with Gasteiger partial charge in [0.25, 0.3) is 0 Å². The number of rotatable bonds is 8. The average molecular weight is 497 g/mol. The third-order valence-corrected chi connectivity index (χ3v) is 7.38. The second-order valence-corrected chi connectivity index (χ2v) is 9.87. The normalized spacial score (nSPS) is 13.6. The van der Waals surface area contributed by atoms with E-state index in [-0.39, 0.29) is 30.2 Å². The molecular formula is C23H20N4O5S2. The second-order valence-electron chi connectivity index (χ2n) is 7.66. The zero-order valence-electron chi connectivity index (χ0n) is 17.8. The first-order valence-electron chi connectivity index (χ1n) is 10.4. The highest BCUT2D eigenvalue weighted by molar-refractivity contribution is 7.89. The number of hydrogen-bond donors (Lipinski definition) is 2. The number of amides is 1. The molecule has 0 radical (unpaired) electrons. The van der Waals surface area contributed by atoms with Gasteiger partial charge in [-0.05, 0) is 41.8 Å². The molecule has 4 aromatic rings. The van der Waals surface area contributed by atoms with Gasteiger partial charge >= 0.3 is 0 Å². The molecule has 11 heteroatoms. The SMILES string of the molecule is O=C(NCc1ccc2c(c1)OCO2)C(Cc1ccccc1)NS(=O)(=O)c1cccc2nsnc12. The minimum absolute atomic E-state index is 0.0135. The van der Waals surface area contributed by atoms with E-state index >= 15 is 0 Å². The van der Waals surface area contributed by atoms with Gasteiger partial charge in [-0.2, -0.15) is 13.5 Å². The van der Waals surface area contributed by atoms with Crippen LogP contribution in [-0.2, 0) is 27.8 Å². The summed E-state index contributed by atoms with van der Waals surface area (Å²) >= 11 is 0.934. The Labute approximate surface area is 200 Å². The average Bonchev–Trinajstić information content (AvgIpc) is 3.51. The van der Waals surface area contributed by atoms with Gasteiger partial charge in [0.15, 0.2) is 11.5 Å². The van der Waals surface area contributed by atoms with Crippen LogP contribution in [0.1, 0.15) is 11.1 Å². The lowest BCUT2D eigenvalue weighted by molar-refractivity contribution is -0.122. The summed E-state index contributed by atoms with van der Waals surface area (Å²) in [7, 11) is -4.06. The first-order chi connectivity index (χ1) is 16.5. The summed E-state index contributed by atoms with van der Waals surface area (Å²) in [6.07, 6.45) is 0.179. The summed E-state index contributed by atoms with van der Waals surface area (Å²) in [5.74, 6) is 0.808. The number of fused-ring (bicyclic) bond motifs is 2. The molecule has 0 saturated heterocycles. The van der Waals surface area contributed by atoms with Crippen molar-refractivity contribution >= 4 is 38.7 Å². The Morgan fingerprint density at radius 2 is 1.79 bits per heavy atom. The monoisotopic (exact) mass is 496 g/mol. The Bertz CT molecular complexity index is 1440. The van der Waals surface area contributed by atoms with Crippen molar-refractivity contribution in [3.63, 3.8) is 0 Å². The van der Waals surface area contributed by atoms with E-state index in [9.17, 15) is 13.2 Å². The summed E-state index contributed by atoms with van der Waals surface area (Å²) in [6, 6.07) is 18.3. The van der Waals surface area contributed by atoms with Crippen molar-refractivity contribution in [3.05, 3.63) is 77.9 Å². The smallest absolute Gasteiger partial charge is 0.243 e. The van der Waals surface area contributed by atoms with Gasteiger partial charge in [0, 0.05) is 6.54 Å². The van der Waals surface area contributed by atoms with Crippen LogP contribution in [0.3, 0.4) is 0 Å². The molecule has 9 nitrogen and oxygen atoms in total. The second kappa shape index (κ2) is 9.37. The van der Waals surface area contributed by atoms with E-state index in [4.69, 9.17) is 9.47 Å². The molecule has 0 aliphatic carbocycles. The third-order valence-electron chi connectivity index (χ3n) is 5.34. The van der Waals surface area contributed by atoms with Crippen LogP contribution in [-0.4, -0.2) is 35.9 Å². The van der Waals surface area contributed by atoms with Gasteiger partial charge in [0.2, 0.25) is 22.7 Å². The van der Waals surface area contributed by atoms with Crippen molar-refractivity contribution in [1.29, 1.82) is 0 Å². The predicted octanol–water partition coefficient (Wildman–Crippen LogP) is 2.63. The third kappa shape index (κ3) is 4.72. The molecule has 1 aliphatic heterocycles. The highest BCUT2D eigenvalue weighted by Crippen LogP contribution is 2.32. The van der Waals surface area contributed by atoms with Gasteiger partial charge in [-0.3, -0.25) is 4.79 Å². The Hall–Kier alpha value is -3.54. The van der Waals surface area contributed by atoms with Gasteiger partial charge in [-0.1, -0.05) is 42.5 Å². The van der Waals surface area contributed by atoms with E-state index in [1.54, 1.807) is 24.3 Å². The zero-order valence-corrected chi connectivity index (χ0v) is 19.4. The van der Waals surface area contributed by atoms with Crippen LogP contribution in [0.25, 0.3) is 11.0 Å². The quantitative estimate of drug-likeness (QED) is 0.385. The molecular weight excluding hydrogens is 476 g/mol. The van der Waals surface area contributed by atoms with E-state index in [1.807, 2.05) is 36.4 Å². The first kappa shape index (κ1) is 22.3. The summed E-state index contributed by atoms with van der Waals surface area (Å²) < 4.78 is 48.0. The molecule has 1 unspecified atom stereocenters. The minimum atomic E-state index is -4.06. The Kier molecular flexibility index (Phi) is 6.14. The molecule has 1 aromatic heterocycles. The van der Waals surface area contributed by atoms with E-state index < -0.39 is 22.0 Å². The van der Waals surface area contributed by atoms with E-state index in [0.717, 1.165) is 22.9 Å². The number of aromatic nitrogens is 2. The van der Waals surface area contributed by atoms with Crippen molar-refractivity contribution in [3.8, 4) is 11.5 Å². The number of nitrogens with one attached hydrogen (secondary N) is 2. The number of sulfonamides is 1. The molecule has 0 bridgehead atoms. The van der Waals surface area contributed by atoms with Crippen LogP contribution < -0.4 is 19.5 Å². The molecule has 174 valence electrons. The van der Waals surface area contributed by atoms with E-state index in [0.29, 0.717) is 17.0 Å². The Morgan fingerprint density at radius 1 is 0.971 bits per heavy atom. The maximum atomic E-state index is 13.3. The van der Waals surface area contributed by atoms with Crippen LogP contribution in [0.2, 0.25) is 0 Å². The minimum Gasteiger partial charge on any atom is -0.454 e. The summed E-state index contributed by atoms with van der Waals surface area (Å²) in [5.41, 5.74) is 2.39. The standard InChI is InChI=1S/C23H20N4O5S2/c28-23(24-13-16-9-10-19-20(12-16)32-14-31-19)18(11-15-5-2-1-3-6-15)27-34(29,30)21-8-4-7-17-22(21)26-33-25-17/h1-10,12,18,27H,11,13-14H2,(H,24,28). The van der Waals surface area contributed by atoms with Crippen molar-refractivity contribution in [1.82, 2.24) is 18.8 Å². The van der Waals surface area contributed by atoms with E-state index in [1.165, 1.54) is 6.07 Å². The van der Waals surface area contributed by atoms with Crippen LogP contribution in [0.4, 0.5) is 0 Å². The van der Waals surface area contributed by atoms with Crippen molar-refractivity contribution < 1.29 is 22.7 Å². The maximum absolute atomic E-state index is 13.3. The molecule has 2 N–H and O–H groups in total. The molecule has 5 rings (SSSR count). The lowest BCUT2D eigenvalue weighted by atomic mass is 10.1. The molecule has 1 atom stereocenters. The lowest BCUT2D eigenvalue weighted by Gasteiger charge is -2.19. The molecule has 0 saturated carbocycles. The molecule has 1 aliphatic rings. The van der Waals surface area contributed by atoms with Crippen molar-refractivity contribution in [2.24, 2.45) is 0 Å². The van der Waals surface area contributed by atoms with Gasteiger partial charge in [0.1, 0.15) is 22.0 Å². The molecule has 2 heterocycles. The highest BCUT2D eigenvalue weighted by Gasteiger charge is 2.28. The zero-order chi connectivity index (χ0) is 23.5. The predicted molar refractivity (Wildman–Crippen MR) is 126 cm³/mol. The topological polar surface area (TPSA) is 120 Å². The number of nitrogens with zero attached hydrogens (tertiary/aromatic N) is 2. The molecule has 34 heavy (non-hydrogen) atoms. The molecule has 0 fully saturated rings. The van der Waals surface area contributed by atoms with Crippen LogP contribution in [0.5, 0.6) is 11.5 Å². The fraction of sp³-hybridized carbons (Fsp3) is 0.174. The fourth-order valence-corrected chi connectivity index (χ4v) is 5.61. The van der Waals surface area contributed by atoms with Crippen molar-refractivity contribution in [2.45, 2.75) is 23.9 Å². The number of hydrogen-bond acceptors (Lipinski definition) is 8. The Morgan fingerprint density at radius 3 is 2.65 bits per heavy atom. The lowest BCUT2D eigenvalue weighted by Crippen LogP contribution is -2.47. The molecule has 0 spiro atoms. The molecule has 1 amide bonds. The number of ether oxygens (including phenoxy) is 2. The number of benzene rings is 3. The Balaban J connectivity index is 1.37. The summed E-state index contributed by atoms with van der Waals surface area (Å²) in [4.78, 5) is 13.1. The van der Waals surface area contributed by atoms with Crippen LogP contribution in [0, 0.1) is 0 Å². The van der Waals surface area contributed by atoms with Gasteiger partial charge in [-0.25, -0.2) is 8.42 Å². The summed E-state index contributed by atoms with van der Waals surface area (Å²) in [6.45, 7) is 0.363. The van der Waals surface area contributed by atoms with Crippen LogP contribution in [0.15, 0.2) is 71.6 Å². The largest absolute Gasteiger partial charge is 0.454 e. The van der Waals surface area contributed by atoms with Gasteiger partial charge < -0.3 is 14.8 Å². The highest BCUT2D eigenvalue weighted by atomic mass is 32.2. The fourth-order valence-electron chi connectivity index (χ4n) is 3.65. The van der Waals surface area contributed by atoms with E-state index in [2.05, 4.69) is 18.8 Å². The summed E-state index contributed by atoms with van der Waals surface area (Å²) in [5, 5.41) is 2.83. The maximum Gasteiger partial charge on any atom is 0.243 e. The number of carbonyl (C=O) groups excluding carboxylic acids is 1. The van der Waals surface area contributed by atoms with Crippen molar-refractivity contribution in [2.75, 3.05) is 6.79 Å². The number of carbonyl (C=O) groups is 1. The van der Waals surface area contributed by atoms with Gasteiger partial charge in [-0.15, -0.1) is 0 Å². The first-order valence-corrected chi connectivity index (χ1v) is 12.6.